The molecule has 5 rings (SSSR count). The van der Waals surface area contributed by atoms with Crippen LogP contribution in [0.15, 0.2) is 48.2 Å². The first kappa shape index (κ1) is 20.0. The summed E-state index contributed by atoms with van der Waals surface area (Å²) < 4.78 is 0. The second kappa shape index (κ2) is 7.99. The third-order valence-corrected chi connectivity index (χ3v) is 7.09. The summed E-state index contributed by atoms with van der Waals surface area (Å²) in [5.41, 5.74) is 6.55. The van der Waals surface area contributed by atoms with Crippen LogP contribution < -0.4 is 4.90 Å². The molecule has 2 aliphatic heterocycles. The lowest BCUT2D eigenvalue weighted by Crippen LogP contribution is -2.42. The number of para-hydroxylation sites is 1. The number of amides is 2. The molecule has 2 aromatic rings. The standard InChI is InChI=1S/C27H30N2O2/c1-18-13-14-22(19(2)17-18)24-25(28-16-15-20-9-7-8-12-23(20)28)27(31)29(26(24)30)21-10-5-3-4-6-11-21/h7-9,12-14,17,21H,3-6,10-11,15-16H2,1-2H3. The zero-order valence-corrected chi connectivity index (χ0v) is 18.5. The molecule has 3 aliphatic rings. The zero-order valence-electron chi connectivity index (χ0n) is 18.5. The van der Waals surface area contributed by atoms with E-state index in [-0.39, 0.29) is 17.9 Å². The molecule has 0 bridgehead atoms. The van der Waals surface area contributed by atoms with Gasteiger partial charge in [0.05, 0.1) is 5.57 Å². The number of hydrogen-bond donors (Lipinski definition) is 0. The van der Waals surface area contributed by atoms with E-state index in [0.717, 1.165) is 61.0 Å². The minimum Gasteiger partial charge on any atom is -0.336 e. The molecule has 0 saturated heterocycles. The Hall–Kier alpha value is -2.88. The van der Waals surface area contributed by atoms with Crippen LogP contribution in [-0.4, -0.2) is 29.3 Å². The minimum atomic E-state index is -0.108. The number of fused-ring (bicyclic) bond motifs is 1. The quantitative estimate of drug-likeness (QED) is 0.514. The van der Waals surface area contributed by atoms with Crippen molar-refractivity contribution in [3.63, 3.8) is 0 Å². The molecule has 4 nitrogen and oxygen atoms in total. The van der Waals surface area contributed by atoms with Crippen LogP contribution in [0.25, 0.3) is 5.57 Å². The molecule has 31 heavy (non-hydrogen) atoms. The number of carbonyl (C=O) groups is 2. The van der Waals surface area contributed by atoms with Crippen molar-refractivity contribution in [2.75, 3.05) is 11.4 Å². The molecule has 2 aromatic carbocycles. The van der Waals surface area contributed by atoms with Gasteiger partial charge in [0, 0.05) is 18.3 Å². The maximum atomic E-state index is 13.9. The second-order valence-electron chi connectivity index (χ2n) is 9.20. The molecule has 2 amide bonds. The Morgan fingerprint density at radius 1 is 0.871 bits per heavy atom. The van der Waals surface area contributed by atoms with Crippen LogP contribution in [0.3, 0.4) is 0 Å². The van der Waals surface area contributed by atoms with Crippen LogP contribution in [-0.2, 0) is 16.0 Å². The van der Waals surface area contributed by atoms with E-state index >= 15 is 0 Å². The second-order valence-corrected chi connectivity index (χ2v) is 9.20. The van der Waals surface area contributed by atoms with E-state index in [2.05, 4.69) is 30.0 Å². The van der Waals surface area contributed by atoms with E-state index in [9.17, 15) is 9.59 Å². The van der Waals surface area contributed by atoms with Crippen molar-refractivity contribution in [1.82, 2.24) is 4.90 Å². The molecule has 4 heteroatoms. The van der Waals surface area contributed by atoms with E-state index in [4.69, 9.17) is 0 Å². The largest absolute Gasteiger partial charge is 0.336 e. The van der Waals surface area contributed by atoms with Crippen LogP contribution in [0.2, 0.25) is 0 Å². The van der Waals surface area contributed by atoms with Crippen molar-refractivity contribution in [2.24, 2.45) is 0 Å². The first-order valence-electron chi connectivity index (χ1n) is 11.6. The Bertz CT molecular complexity index is 1080. The highest BCUT2D eigenvalue weighted by molar-refractivity contribution is 6.37. The summed E-state index contributed by atoms with van der Waals surface area (Å²) in [4.78, 5) is 31.5. The summed E-state index contributed by atoms with van der Waals surface area (Å²) in [6, 6.07) is 14.4. The maximum Gasteiger partial charge on any atom is 0.278 e. The van der Waals surface area contributed by atoms with Crippen LogP contribution in [0, 0.1) is 13.8 Å². The van der Waals surface area contributed by atoms with Gasteiger partial charge in [0.2, 0.25) is 0 Å². The number of hydrogen-bond acceptors (Lipinski definition) is 3. The Balaban J connectivity index is 1.65. The van der Waals surface area contributed by atoms with Gasteiger partial charge in [-0.25, -0.2) is 0 Å². The monoisotopic (exact) mass is 414 g/mol. The number of carbonyl (C=O) groups excluding carboxylic acids is 2. The van der Waals surface area contributed by atoms with E-state index in [1.807, 2.05) is 31.2 Å². The Morgan fingerprint density at radius 3 is 2.35 bits per heavy atom. The lowest BCUT2D eigenvalue weighted by molar-refractivity contribution is -0.139. The number of imide groups is 1. The van der Waals surface area contributed by atoms with Gasteiger partial charge in [-0.05, 0) is 55.9 Å². The number of anilines is 1. The molecule has 1 saturated carbocycles. The number of rotatable bonds is 3. The van der Waals surface area contributed by atoms with Crippen molar-refractivity contribution in [3.8, 4) is 0 Å². The molecule has 1 fully saturated rings. The topological polar surface area (TPSA) is 40.6 Å². The van der Waals surface area contributed by atoms with Crippen LogP contribution in [0.4, 0.5) is 5.69 Å². The molecule has 160 valence electrons. The molecular formula is C27H30N2O2. The number of benzene rings is 2. The molecule has 0 radical (unpaired) electrons. The third kappa shape index (κ3) is 3.38. The SMILES string of the molecule is Cc1ccc(C2=C(N3CCc4ccccc43)C(=O)N(C3CCCCCC3)C2=O)c(C)c1. The predicted molar refractivity (Wildman–Crippen MR) is 124 cm³/mol. The van der Waals surface area contributed by atoms with Gasteiger partial charge in [-0.3, -0.25) is 14.5 Å². The van der Waals surface area contributed by atoms with Gasteiger partial charge in [-0.2, -0.15) is 0 Å². The predicted octanol–water partition coefficient (Wildman–Crippen LogP) is 5.17. The molecule has 0 aromatic heterocycles. The summed E-state index contributed by atoms with van der Waals surface area (Å²) in [7, 11) is 0. The van der Waals surface area contributed by atoms with Crippen LogP contribution >= 0.6 is 0 Å². The van der Waals surface area contributed by atoms with Gasteiger partial charge in [-0.1, -0.05) is 67.6 Å². The van der Waals surface area contributed by atoms with Crippen molar-refractivity contribution in [1.29, 1.82) is 0 Å². The molecule has 0 atom stereocenters. The Kier molecular flexibility index (Phi) is 5.17. The van der Waals surface area contributed by atoms with Gasteiger partial charge >= 0.3 is 0 Å². The number of aryl methyl sites for hydroxylation is 2. The zero-order chi connectivity index (χ0) is 21.5. The average Bonchev–Trinajstić information content (AvgIpc) is 3.14. The average molecular weight is 415 g/mol. The number of nitrogens with zero attached hydrogens (tertiary/aromatic N) is 2. The van der Waals surface area contributed by atoms with Gasteiger partial charge < -0.3 is 4.90 Å². The van der Waals surface area contributed by atoms with Crippen molar-refractivity contribution in [2.45, 2.75) is 64.8 Å². The Labute approximate surface area is 184 Å². The van der Waals surface area contributed by atoms with Crippen LogP contribution in [0.1, 0.15) is 60.8 Å². The van der Waals surface area contributed by atoms with Crippen molar-refractivity contribution in [3.05, 3.63) is 70.4 Å². The van der Waals surface area contributed by atoms with E-state index < -0.39 is 0 Å². The van der Waals surface area contributed by atoms with Gasteiger partial charge in [0.15, 0.2) is 0 Å². The first-order chi connectivity index (χ1) is 15.1. The molecule has 0 N–H and O–H groups in total. The summed E-state index contributed by atoms with van der Waals surface area (Å²) in [6.07, 6.45) is 7.28. The fourth-order valence-corrected chi connectivity index (χ4v) is 5.54. The van der Waals surface area contributed by atoms with Crippen LogP contribution in [0.5, 0.6) is 0 Å². The lowest BCUT2D eigenvalue weighted by Gasteiger charge is -2.27. The normalized spacial score (nSPS) is 19.9. The lowest BCUT2D eigenvalue weighted by atomic mass is 9.97. The summed E-state index contributed by atoms with van der Waals surface area (Å²) in [5, 5.41) is 0. The van der Waals surface area contributed by atoms with E-state index in [1.165, 1.54) is 18.4 Å². The smallest absolute Gasteiger partial charge is 0.278 e. The molecule has 1 aliphatic carbocycles. The highest BCUT2D eigenvalue weighted by atomic mass is 16.2. The minimum absolute atomic E-state index is 0.0126. The summed E-state index contributed by atoms with van der Waals surface area (Å²) in [5.74, 6) is -0.216. The molecule has 0 unspecified atom stereocenters. The summed E-state index contributed by atoms with van der Waals surface area (Å²) in [6.45, 7) is 4.83. The van der Waals surface area contributed by atoms with Gasteiger partial charge in [-0.15, -0.1) is 0 Å². The van der Waals surface area contributed by atoms with Gasteiger partial charge in [0.1, 0.15) is 5.70 Å². The molecule has 2 heterocycles. The first-order valence-corrected chi connectivity index (χ1v) is 11.6. The molecular weight excluding hydrogens is 384 g/mol. The summed E-state index contributed by atoms with van der Waals surface area (Å²) >= 11 is 0. The van der Waals surface area contributed by atoms with Gasteiger partial charge in [0.25, 0.3) is 11.8 Å². The van der Waals surface area contributed by atoms with E-state index in [0.29, 0.717) is 11.3 Å². The van der Waals surface area contributed by atoms with Crippen molar-refractivity contribution >= 4 is 23.1 Å². The van der Waals surface area contributed by atoms with E-state index in [1.54, 1.807) is 4.90 Å². The third-order valence-electron chi connectivity index (χ3n) is 7.09. The molecule has 0 spiro atoms. The maximum absolute atomic E-state index is 13.9. The fourth-order valence-electron chi connectivity index (χ4n) is 5.54. The fraction of sp³-hybridized carbons (Fsp3) is 0.407. The van der Waals surface area contributed by atoms with Crippen molar-refractivity contribution < 1.29 is 9.59 Å². The Morgan fingerprint density at radius 2 is 1.61 bits per heavy atom. The highest BCUT2D eigenvalue weighted by Gasteiger charge is 2.46. The highest BCUT2D eigenvalue weighted by Crippen LogP contribution is 2.41.